The van der Waals surface area contributed by atoms with E-state index in [1.54, 1.807) is 48.5 Å². The molecule has 4 aromatic rings. The normalized spacial score (nSPS) is 16.5. The van der Waals surface area contributed by atoms with Crippen molar-refractivity contribution in [1.29, 1.82) is 0 Å². The van der Waals surface area contributed by atoms with E-state index < -0.39 is 23.9 Å². The van der Waals surface area contributed by atoms with Crippen LogP contribution in [0.15, 0.2) is 97.1 Å². The molecule has 0 aliphatic carbocycles. The van der Waals surface area contributed by atoms with Gasteiger partial charge in [0, 0.05) is 103 Å². The number of hydrogen-bond acceptors (Lipinski definition) is 12. The summed E-state index contributed by atoms with van der Waals surface area (Å²) < 4.78 is 0. The predicted molar refractivity (Wildman–Crippen MR) is 221 cm³/mol. The van der Waals surface area contributed by atoms with Gasteiger partial charge in [0.05, 0.1) is 23.9 Å². The average Bonchev–Trinajstić information content (AvgIpc) is 3.15. The van der Waals surface area contributed by atoms with Gasteiger partial charge in [-0.15, -0.1) is 0 Å². The van der Waals surface area contributed by atoms with E-state index in [9.17, 15) is 39.6 Å². The molecule has 4 aromatic carbocycles. The van der Waals surface area contributed by atoms with Crippen molar-refractivity contribution in [2.75, 3.05) is 26.2 Å². The maximum absolute atomic E-state index is 11.0. The molecule has 62 heavy (non-hydrogen) atoms. The van der Waals surface area contributed by atoms with Crippen LogP contribution in [0.1, 0.15) is 95.8 Å². The average molecular weight is 1130 g/mol. The molecule has 10 N–H and O–H groups in total. The number of rotatable bonds is 6. The molecule has 1 aliphatic rings. The van der Waals surface area contributed by atoms with E-state index in [0.29, 0.717) is 34.3 Å². The second-order valence-corrected chi connectivity index (χ2v) is 15.1. The van der Waals surface area contributed by atoms with Gasteiger partial charge in [-0.1, -0.05) is 97.1 Å². The van der Waals surface area contributed by atoms with Crippen molar-refractivity contribution in [1.82, 2.24) is 21.3 Å². The van der Waals surface area contributed by atoms with Crippen molar-refractivity contribution in [3.05, 3.63) is 119 Å². The molecule has 5 rings (SSSR count). The van der Waals surface area contributed by atoms with Crippen LogP contribution in [-0.4, -0.2) is 73.2 Å². The SMILES string of the molecule is C[C@@H]1CC(C)(C)NCCN[C@@H](C)CC(C)(C)NCCN1.O=C([O-])c1ccccc1-c1ccccc1C(=O)[O-].O=C([O-])c1ccccc1-c1ccccc1C(=O)[O-].[Ni+3].[O-2].[O-2].[OH3+].[OH3+].[U]. The molecule has 1 saturated heterocycles. The molecule has 0 aromatic heterocycles. The molecule has 0 saturated carbocycles. The number of benzene rings is 4. The summed E-state index contributed by atoms with van der Waals surface area (Å²) in [5, 5.41) is 58.6. The number of carbonyl (C=O) groups is 4. The first-order valence-corrected chi connectivity index (χ1v) is 18.6. The molecule has 343 valence electrons. The third kappa shape index (κ3) is 20.9. The molecule has 0 amide bonds. The summed E-state index contributed by atoms with van der Waals surface area (Å²) in [6, 6.07) is 25.4. The summed E-state index contributed by atoms with van der Waals surface area (Å²) >= 11 is 0. The Hall–Kier alpha value is -4.01. The van der Waals surface area contributed by atoms with Crippen LogP contribution in [0.3, 0.4) is 0 Å². The Morgan fingerprint density at radius 2 is 0.677 bits per heavy atom. The number of aromatic carboxylic acids is 4. The van der Waals surface area contributed by atoms with E-state index in [1.165, 1.54) is 48.5 Å². The predicted octanol–water partition coefficient (Wildman–Crippen LogP) is -0.450. The number of carbonyl (C=O) groups excluding carboxylic acids is 4. The van der Waals surface area contributed by atoms with Crippen molar-refractivity contribution >= 4 is 23.9 Å². The van der Waals surface area contributed by atoms with Crippen molar-refractivity contribution in [3.63, 3.8) is 0 Å². The molecule has 0 unspecified atom stereocenters. The van der Waals surface area contributed by atoms with E-state index in [1.807, 2.05) is 0 Å². The van der Waals surface area contributed by atoms with Gasteiger partial charge in [0.2, 0.25) is 0 Å². The first-order chi connectivity index (χ1) is 26.4. The Kier molecular flexibility index (Phi) is 32.2. The van der Waals surface area contributed by atoms with Gasteiger partial charge in [0.25, 0.3) is 0 Å². The zero-order chi connectivity index (χ0) is 41.5. The molecule has 1 radical (unpaired) electrons. The summed E-state index contributed by atoms with van der Waals surface area (Å²) in [5.74, 6) is -5.39. The minimum atomic E-state index is -1.35. The zero-order valence-corrected chi connectivity index (χ0v) is 40.8. The number of carboxylic acids is 4. The summed E-state index contributed by atoms with van der Waals surface area (Å²) in [5.41, 5.74) is 1.39. The second-order valence-electron chi connectivity index (χ2n) is 15.1. The fraction of sp³-hybridized carbons (Fsp3) is 0.364. The van der Waals surface area contributed by atoms with Gasteiger partial charge in [-0.3, -0.25) is 0 Å². The summed E-state index contributed by atoms with van der Waals surface area (Å²) in [4.78, 5) is 44.0. The number of nitrogens with one attached hydrogen (secondary N) is 4. The molecule has 16 nitrogen and oxygen atoms in total. The van der Waals surface area contributed by atoms with Crippen molar-refractivity contribution in [3.8, 4) is 22.3 Å². The van der Waals surface area contributed by atoms with Crippen LogP contribution in [0.4, 0.5) is 0 Å². The minimum absolute atomic E-state index is 0. The molecule has 0 bridgehead atoms. The van der Waals surface area contributed by atoms with E-state index in [-0.39, 0.29) is 103 Å². The summed E-state index contributed by atoms with van der Waals surface area (Å²) in [7, 11) is 0. The zero-order valence-electron chi connectivity index (χ0n) is 35.7. The van der Waals surface area contributed by atoms with Gasteiger partial charge >= 0.3 is 16.5 Å². The Labute approximate surface area is 397 Å². The fourth-order valence-corrected chi connectivity index (χ4v) is 6.84. The fourth-order valence-electron chi connectivity index (χ4n) is 6.84. The molecule has 2 atom stereocenters. The van der Waals surface area contributed by atoms with Crippen molar-refractivity contribution < 1.29 is 109 Å². The van der Waals surface area contributed by atoms with Gasteiger partial charge in [-0.25, -0.2) is 0 Å². The summed E-state index contributed by atoms with van der Waals surface area (Å²) in [6.45, 7) is 17.8. The van der Waals surface area contributed by atoms with Crippen LogP contribution in [0, 0.1) is 31.1 Å². The van der Waals surface area contributed by atoms with Gasteiger partial charge in [-0.2, -0.15) is 0 Å². The van der Waals surface area contributed by atoms with Gasteiger partial charge in [-0.05, 0) is 76.6 Å². The molecule has 1 heterocycles. The van der Waals surface area contributed by atoms with E-state index >= 15 is 0 Å². The van der Waals surface area contributed by atoms with Crippen LogP contribution in [0.25, 0.3) is 22.3 Å². The maximum atomic E-state index is 11.0. The van der Waals surface area contributed by atoms with Crippen LogP contribution < -0.4 is 41.7 Å². The smallest absolute Gasteiger partial charge is 2.00 e. The molecule has 1 fully saturated rings. The molecular weight excluding hydrogens is 1070 g/mol. The van der Waals surface area contributed by atoms with Gasteiger partial charge < -0.3 is 82.8 Å². The Balaban J connectivity index is -0.000000389. The van der Waals surface area contributed by atoms with Crippen LogP contribution in [-0.2, 0) is 38.4 Å². The molecular formula is C44H58N4NiO12U-3. The first kappa shape index (κ1) is 64.6. The van der Waals surface area contributed by atoms with Crippen LogP contribution >= 0.6 is 0 Å². The minimum Gasteiger partial charge on any atom is -2.00 e. The number of carboxylic acid groups (broad SMARTS) is 4. The Bertz CT molecular complexity index is 1720. The van der Waals surface area contributed by atoms with Gasteiger partial charge in [0.15, 0.2) is 0 Å². The third-order valence-corrected chi connectivity index (χ3v) is 9.24. The largest absolute Gasteiger partial charge is 3.00 e. The standard InChI is InChI=1S/C16H36N4.2C14H10O4.Ni.2H2O.2O.U/c1-13-11-15(3,4)19-10-8-18-14(2)12-16(5,6)20-9-7-17-13;2*15-13(16)11-7-3-1-5-9(11)10-6-2-4-8-12(10)14(17)18;;;;;;/h13-14,17-20H,7-12H2,1-6H3;2*1-8H,(H,15,16)(H,17,18);;2*1H2;;;/q;;;+3;;;2*-2;/p-2/t13-,14+;;;;;;;;. The van der Waals surface area contributed by atoms with E-state index in [2.05, 4.69) is 62.8 Å². The van der Waals surface area contributed by atoms with E-state index in [0.717, 1.165) is 39.0 Å². The third-order valence-electron chi connectivity index (χ3n) is 9.24. The summed E-state index contributed by atoms with van der Waals surface area (Å²) in [6.07, 6.45) is 2.29. The topological polar surface area (TPSA) is 332 Å². The van der Waals surface area contributed by atoms with Gasteiger partial charge in [0.1, 0.15) is 0 Å². The Morgan fingerprint density at radius 1 is 0.468 bits per heavy atom. The quantitative estimate of drug-likeness (QED) is 0.141. The van der Waals surface area contributed by atoms with Crippen molar-refractivity contribution in [2.24, 2.45) is 0 Å². The van der Waals surface area contributed by atoms with Crippen LogP contribution in [0.2, 0.25) is 0 Å². The Morgan fingerprint density at radius 3 is 0.887 bits per heavy atom. The molecule has 0 spiro atoms. The number of hydrogen-bond donors (Lipinski definition) is 4. The molecule has 18 heteroatoms. The second kappa shape index (κ2) is 30.9. The monoisotopic (exact) mass is 1130 g/mol. The maximum Gasteiger partial charge on any atom is 3.00 e. The molecule has 1 aliphatic heterocycles. The first-order valence-electron chi connectivity index (χ1n) is 18.6. The van der Waals surface area contributed by atoms with Crippen molar-refractivity contribution in [2.45, 2.75) is 77.5 Å². The van der Waals surface area contributed by atoms with Crippen LogP contribution in [0.5, 0.6) is 0 Å². The van der Waals surface area contributed by atoms with E-state index in [4.69, 9.17) is 0 Å².